The third-order valence-corrected chi connectivity index (χ3v) is 5.73. The molecular weight excluding hydrogens is 290 g/mol. The molecule has 0 amide bonds. The maximum atomic E-state index is 12.5. The summed E-state index contributed by atoms with van der Waals surface area (Å²) in [5, 5.41) is 9.30. The van der Waals surface area contributed by atoms with E-state index in [1.54, 1.807) is 19.1 Å². The molecule has 1 aromatic rings. The Morgan fingerprint density at radius 3 is 2.62 bits per heavy atom. The van der Waals surface area contributed by atoms with Crippen molar-refractivity contribution in [3.05, 3.63) is 28.8 Å². The van der Waals surface area contributed by atoms with Gasteiger partial charge in [0.1, 0.15) is 0 Å². The lowest BCUT2D eigenvalue weighted by molar-refractivity contribution is 0.107. The lowest BCUT2D eigenvalue weighted by atomic mass is 10.0. The van der Waals surface area contributed by atoms with Crippen molar-refractivity contribution in [1.29, 1.82) is 0 Å². The molecule has 118 valence electrons. The molecule has 6 heteroatoms. The van der Waals surface area contributed by atoms with E-state index in [0.717, 1.165) is 12.0 Å². The Hall–Kier alpha value is -0.950. The molecule has 2 atom stereocenters. The monoisotopic (exact) mass is 313 g/mol. The zero-order valence-electron chi connectivity index (χ0n) is 12.7. The van der Waals surface area contributed by atoms with E-state index >= 15 is 0 Å². The van der Waals surface area contributed by atoms with Crippen molar-refractivity contribution >= 4 is 10.0 Å². The molecule has 5 nitrogen and oxygen atoms in total. The first-order valence-electron chi connectivity index (χ1n) is 7.17. The number of aliphatic hydroxyl groups excluding tert-OH is 1. The summed E-state index contributed by atoms with van der Waals surface area (Å²) in [7, 11) is -3.57. The highest BCUT2D eigenvalue weighted by Gasteiger charge is 2.26. The molecule has 0 spiro atoms. The van der Waals surface area contributed by atoms with Gasteiger partial charge in [-0.05, 0) is 49.9 Å². The highest BCUT2D eigenvalue weighted by atomic mass is 32.2. The van der Waals surface area contributed by atoms with Crippen molar-refractivity contribution < 1.29 is 18.3 Å². The number of sulfonamides is 1. The van der Waals surface area contributed by atoms with Crippen LogP contribution in [0.15, 0.2) is 17.0 Å². The first-order chi connectivity index (χ1) is 9.85. The molecule has 1 aliphatic rings. The molecule has 2 rings (SSSR count). The van der Waals surface area contributed by atoms with Gasteiger partial charge in [-0.25, -0.2) is 13.1 Å². The lowest BCUT2D eigenvalue weighted by Crippen LogP contribution is -2.32. The van der Waals surface area contributed by atoms with Gasteiger partial charge in [-0.1, -0.05) is 6.07 Å². The molecular formula is C15H23NO4S. The Kier molecular flexibility index (Phi) is 5.03. The zero-order valence-corrected chi connectivity index (χ0v) is 13.5. The van der Waals surface area contributed by atoms with E-state index in [9.17, 15) is 13.5 Å². The van der Waals surface area contributed by atoms with Crippen LogP contribution in [0.3, 0.4) is 0 Å². The fourth-order valence-corrected chi connectivity index (χ4v) is 4.04. The molecule has 0 saturated carbocycles. The number of benzene rings is 1. The molecule has 0 aliphatic carbocycles. The van der Waals surface area contributed by atoms with E-state index in [0.29, 0.717) is 24.3 Å². The summed E-state index contributed by atoms with van der Waals surface area (Å²) >= 11 is 0. The quantitative estimate of drug-likeness (QED) is 0.864. The molecule has 0 radical (unpaired) electrons. The van der Waals surface area contributed by atoms with Crippen LogP contribution in [0.25, 0.3) is 0 Å². The largest absolute Gasteiger partial charge is 0.392 e. The third-order valence-electron chi connectivity index (χ3n) is 4.16. The molecule has 21 heavy (non-hydrogen) atoms. The fraction of sp³-hybridized carbons (Fsp3) is 0.600. The average molecular weight is 313 g/mol. The van der Waals surface area contributed by atoms with Crippen LogP contribution in [0.5, 0.6) is 0 Å². The van der Waals surface area contributed by atoms with E-state index in [1.165, 1.54) is 0 Å². The topological polar surface area (TPSA) is 75.6 Å². The van der Waals surface area contributed by atoms with Crippen molar-refractivity contribution in [2.75, 3.05) is 13.2 Å². The van der Waals surface area contributed by atoms with E-state index in [1.807, 2.05) is 13.8 Å². The Bertz CT molecular complexity index is 612. The van der Waals surface area contributed by atoms with E-state index in [4.69, 9.17) is 4.74 Å². The standard InChI is InChI=1S/C15H23NO4S/c1-10-6-11(2)15(7-14(10)9-17)21(18,19)16-8-13-4-5-20-12(13)3/h6-7,12-13,16-17H,4-5,8-9H2,1-3H3. The number of hydrogen-bond donors (Lipinski definition) is 2. The van der Waals surface area contributed by atoms with Crippen LogP contribution in [0.4, 0.5) is 0 Å². The SMILES string of the molecule is Cc1cc(C)c(S(=O)(=O)NCC2CCOC2C)cc1CO. The number of ether oxygens (including phenoxy) is 1. The maximum Gasteiger partial charge on any atom is 0.240 e. The minimum absolute atomic E-state index is 0.0832. The predicted octanol–water partition coefficient (Wildman–Crippen LogP) is 1.50. The van der Waals surface area contributed by atoms with E-state index < -0.39 is 10.0 Å². The van der Waals surface area contributed by atoms with E-state index in [-0.39, 0.29) is 23.5 Å². The predicted molar refractivity (Wildman–Crippen MR) is 80.5 cm³/mol. The number of aliphatic hydroxyl groups is 1. The van der Waals surface area contributed by atoms with Gasteiger partial charge in [0.25, 0.3) is 0 Å². The minimum Gasteiger partial charge on any atom is -0.392 e. The van der Waals surface area contributed by atoms with Crippen LogP contribution in [-0.4, -0.2) is 32.8 Å². The van der Waals surface area contributed by atoms with Gasteiger partial charge < -0.3 is 9.84 Å². The summed E-state index contributed by atoms with van der Waals surface area (Å²) in [5.74, 6) is 0.211. The highest BCUT2D eigenvalue weighted by molar-refractivity contribution is 7.89. The van der Waals surface area contributed by atoms with Crippen molar-refractivity contribution in [1.82, 2.24) is 4.72 Å². The molecule has 2 unspecified atom stereocenters. The number of rotatable bonds is 5. The molecule has 1 saturated heterocycles. The summed E-state index contributed by atoms with van der Waals surface area (Å²) in [5.41, 5.74) is 2.22. The second-order valence-electron chi connectivity index (χ2n) is 5.68. The fourth-order valence-electron chi connectivity index (χ4n) is 2.67. The summed E-state index contributed by atoms with van der Waals surface area (Å²) in [4.78, 5) is 0.240. The first kappa shape index (κ1) is 16.4. The van der Waals surface area contributed by atoms with Gasteiger partial charge >= 0.3 is 0 Å². The number of nitrogens with one attached hydrogen (secondary N) is 1. The molecule has 1 aromatic carbocycles. The van der Waals surface area contributed by atoms with E-state index in [2.05, 4.69) is 4.72 Å². The normalized spacial score (nSPS) is 22.7. The Morgan fingerprint density at radius 1 is 1.33 bits per heavy atom. The maximum absolute atomic E-state index is 12.5. The van der Waals surface area contributed by atoms with Crippen molar-refractivity contribution in [2.45, 2.75) is 44.8 Å². The van der Waals surface area contributed by atoms with Gasteiger partial charge in [0.2, 0.25) is 10.0 Å². The average Bonchev–Trinajstić information content (AvgIpc) is 2.82. The molecule has 2 N–H and O–H groups in total. The first-order valence-corrected chi connectivity index (χ1v) is 8.65. The van der Waals surface area contributed by atoms with Crippen LogP contribution in [0.1, 0.15) is 30.0 Å². The second-order valence-corrected chi connectivity index (χ2v) is 7.41. The number of aryl methyl sites for hydroxylation is 2. The second kappa shape index (κ2) is 6.44. The Balaban J connectivity index is 2.19. The summed E-state index contributed by atoms with van der Waals surface area (Å²) in [6.45, 7) is 6.50. The van der Waals surface area contributed by atoms with Gasteiger partial charge in [0, 0.05) is 19.1 Å². The van der Waals surface area contributed by atoms with Gasteiger partial charge in [0.05, 0.1) is 17.6 Å². The molecule has 0 aromatic heterocycles. The summed E-state index contributed by atoms with van der Waals surface area (Å²) < 4.78 is 33.0. The Labute approximate surface area is 126 Å². The van der Waals surface area contributed by atoms with Gasteiger partial charge in [-0.15, -0.1) is 0 Å². The minimum atomic E-state index is -3.57. The molecule has 1 heterocycles. The summed E-state index contributed by atoms with van der Waals surface area (Å²) in [6, 6.07) is 3.35. The van der Waals surface area contributed by atoms with Crippen molar-refractivity contribution in [2.24, 2.45) is 5.92 Å². The third kappa shape index (κ3) is 3.63. The zero-order chi connectivity index (χ0) is 15.6. The van der Waals surface area contributed by atoms with Crippen molar-refractivity contribution in [3.8, 4) is 0 Å². The Morgan fingerprint density at radius 2 is 2.05 bits per heavy atom. The van der Waals surface area contributed by atoms with Crippen LogP contribution in [0, 0.1) is 19.8 Å². The van der Waals surface area contributed by atoms with Crippen LogP contribution in [-0.2, 0) is 21.4 Å². The van der Waals surface area contributed by atoms with Crippen molar-refractivity contribution in [3.63, 3.8) is 0 Å². The summed E-state index contributed by atoms with van der Waals surface area (Å²) in [6.07, 6.45) is 0.957. The van der Waals surface area contributed by atoms with Gasteiger partial charge in [0.15, 0.2) is 0 Å². The molecule has 1 fully saturated rings. The number of hydrogen-bond acceptors (Lipinski definition) is 4. The molecule has 1 aliphatic heterocycles. The van der Waals surface area contributed by atoms with Gasteiger partial charge in [-0.2, -0.15) is 0 Å². The van der Waals surface area contributed by atoms with Gasteiger partial charge in [-0.3, -0.25) is 0 Å². The van der Waals surface area contributed by atoms with Crippen LogP contribution >= 0.6 is 0 Å². The lowest BCUT2D eigenvalue weighted by Gasteiger charge is -2.16. The molecule has 0 bridgehead atoms. The highest BCUT2D eigenvalue weighted by Crippen LogP contribution is 2.23. The van der Waals surface area contributed by atoms with Crippen LogP contribution in [0.2, 0.25) is 0 Å². The smallest absolute Gasteiger partial charge is 0.240 e. The van der Waals surface area contributed by atoms with Crippen LogP contribution < -0.4 is 4.72 Å².